The Morgan fingerprint density at radius 3 is 2.48 bits per heavy atom. The maximum atomic E-state index is 12.9. The number of nitrogens with zero attached hydrogens (tertiary/aromatic N) is 2. The number of ether oxygens (including phenoxy) is 1. The summed E-state index contributed by atoms with van der Waals surface area (Å²) in [5, 5.41) is 0. The van der Waals surface area contributed by atoms with Crippen LogP contribution in [-0.4, -0.2) is 43.0 Å². The molecular formula is C21H25N3O3. The fourth-order valence-electron chi connectivity index (χ4n) is 3.18. The lowest BCUT2D eigenvalue weighted by atomic mass is 10.1. The maximum Gasteiger partial charge on any atom is 0.260 e. The van der Waals surface area contributed by atoms with E-state index < -0.39 is 12.0 Å². The summed E-state index contributed by atoms with van der Waals surface area (Å²) in [7, 11) is 1.91. The smallest absolute Gasteiger partial charge is 0.260 e. The van der Waals surface area contributed by atoms with E-state index in [2.05, 4.69) is 31.2 Å². The largest absolute Gasteiger partial charge is 0.477 e. The molecule has 0 fully saturated rings. The third-order valence-corrected chi connectivity index (χ3v) is 4.68. The minimum atomic E-state index is -0.837. The molecule has 2 N–H and O–H groups in total. The van der Waals surface area contributed by atoms with E-state index in [4.69, 9.17) is 10.5 Å². The van der Waals surface area contributed by atoms with Gasteiger partial charge in [0.25, 0.3) is 5.91 Å². The second-order valence-corrected chi connectivity index (χ2v) is 6.82. The lowest BCUT2D eigenvalue weighted by Gasteiger charge is -2.34. The lowest BCUT2D eigenvalue weighted by molar-refractivity contribution is -0.125. The van der Waals surface area contributed by atoms with Crippen molar-refractivity contribution in [3.8, 4) is 5.75 Å². The molecule has 1 atom stereocenters. The van der Waals surface area contributed by atoms with Gasteiger partial charge in [-0.05, 0) is 36.7 Å². The van der Waals surface area contributed by atoms with Gasteiger partial charge in [0.1, 0.15) is 5.75 Å². The highest BCUT2D eigenvalue weighted by molar-refractivity contribution is 5.98. The molecule has 3 rings (SSSR count). The van der Waals surface area contributed by atoms with Crippen LogP contribution in [0, 0.1) is 0 Å². The van der Waals surface area contributed by atoms with Gasteiger partial charge in [-0.15, -0.1) is 0 Å². The van der Waals surface area contributed by atoms with E-state index in [1.54, 1.807) is 17.0 Å². The summed E-state index contributed by atoms with van der Waals surface area (Å²) in [6.45, 7) is 3.15. The standard InChI is InChI=1S/C21H25N3O3/c1-3-15-8-10-16(11-9-15)12-23(2)14-20(25)24-13-19(21(22)26)27-18-7-5-4-6-17(18)24/h4-11,19H,3,12-14H2,1-2H3,(H2,22,26)/t19-/m0/s1. The fourth-order valence-corrected chi connectivity index (χ4v) is 3.18. The van der Waals surface area contributed by atoms with E-state index >= 15 is 0 Å². The second kappa shape index (κ2) is 8.22. The number of para-hydroxylation sites is 2. The molecule has 0 saturated carbocycles. The first-order chi connectivity index (χ1) is 13.0. The Balaban J connectivity index is 1.69. The maximum absolute atomic E-state index is 12.9. The quantitative estimate of drug-likeness (QED) is 0.847. The van der Waals surface area contributed by atoms with Crippen molar-refractivity contribution in [2.75, 3.05) is 25.0 Å². The molecule has 0 radical (unpaired) electrons. The van der Waals surface area contributed by atoms with Gasteiger partial charge in [0, 0.05) is 6.54 Å². The zero-order valence-corrected chi connectivity index (χ0v) is 15.7. The average molecular weight is 367 g/mol. The minimum absolute atomic E-state index is 0.0929. The molecule has 0 spiro atoms. The number of hydrogen-bond donors (Lipinski definition) is 1. The molecule has 1 aliphatic heterocycles. The Morgan fingerprint density at radius 2 is 1.81 bits per heavy atom. The van der Waals surface area contributed by atoms with E-state index in [0.29, 0.717) is 18.0 Å². The summed E-state index contributed by atoms with van der Waals surface area (Å²) in [5.74, 6) is -0.171. The van der Waals surface area contributed by atoms with Crippen molar-refractivity contribution >= 4 is 17.5 Å². The van der Waals surface area contributed by atoms with Crippen molar-refractivity contribution in [3.63, 3.8) is 0 Å². The van der Waals surface area contributed by atoms with Crippen LogP contribution in [0.2, 0.25) is 0 Å². The van der Waals surface area contributed by atoms with Crippen LogP contribution in [0.5, 0.6) is 5.75 Å². The third-order valence-electron chi connectivity index (χ3n) is 4.68. The molecule has 2 aromatic rings. The summed E-state index contributed by atoms with van der Waals surface area (Å²) in [4.78, 5) is 28.1. The van der Waals surface area contributed by atoms with Gasteiger partial charge in [-0.1, -0.05) is 43.3 Å². The molecule has 0 bridgehead atoms. The number of carbonyl (C=O) groups excluding carboxylic acids is 2. The highest BCUT2D eigenvalue weighted by atomic mass is 16.5. The van der Waals surface area contributed by atoms with Crippen LogP contribution in [-0.2, 0) is 22.6 Å². The summed E-state index contributed by atoms with van der Waals surface area (Å²) >= 11 is 0. The summed E-state index contributed by atoms with van der Waals surface area (Å²) < 4.78 is 5.61. The SMILES string of the molecule is CCc1ccc(CN(C)CC(=O)N2C[C@@H](C(N)=O)Oc3ccccc32)cc1. The van der Waals surface area contributed by atoms with Gasteiger partial charge in [-0.2, -0.15) is 0 Å². The molecule has 2 amide bonds. The Kier molecular flexibility index (Phi) is 5.76. The normalized spacial score (nSPS) is 16.0. The number of carbonyl (C=O) groups is 2. The second-order valence-electron chi connectivity index (χ2n) is 6.82. The Bertz CT molecular complexity index is 820. The molecule has 27 heavy (non-hydrogen) atoms. The van der Waals surface area contributed by atoms with Crippen LogP contribution in [0.3, 0.4) is 0 Å². The Labute approximate surface area is 159 Å². The summed E-state index contributed by atoms with van der Waals surface area (Å²) in [5.41, 5.74) is 8.51. The number of nitrogens with two attached hydrogens (primary N) is 1. The Morgan fingerprint density at radius 1 is 1.15 bits per heavy atom. The van der Waals surface area contributed by atoms with Gasteiger partial charge in [-0.3, -0.25) is 14.5 Å². The molecule has 6 nitrogen and oxygen atoms in total. The zero-order valence-electron chi connectivity index (χ0n) is 15.7. The average Bonchev–Trinajstić information content (AvgIpc) is 2.67. The molecule has 0 saturated heterocycles. The van der Waals surface area contributed by atoms with E-state index in [0.717, 1.165) is 12.0 Å². The van der Waals surface area contributed by atoms with Gasteiger partial charge < -0.3 is 15.4 Å². The molecule has 6 heteroatoms. The van der Waals surface area contributed by atoms with Gasteiger partial charge in [0.15, 0.2) is 6.10 Å². The summed E-state index contributed by atoms with van der Waals surface area (Å²) in [6.07, 6.45) is 0.169. The number of amides is 2. The summed E-state index contributed by atoms with van der Waals surface area (Å²) in [6, 6.07) is 15.6. The highest BCUT2D eigenvalue weighted by Crippen LogP contribution is 2.33. The van der Waals surface area contributed by atoms with E-state index in [-0.39, 0.29) is 19.0 Å². The first-order valence-corrected chi connectivity index (χ1v) is 9.09. The van der Waals surface area contributed by atoms with Gasteiger partial charge >= 0.3 is 0 Å². The van der Waals surface area contributed by atoms with Crippen molar-refractivity contribution < 1.29 is 14.3 Å². The van der Waals surface area contributed by atoms with Gasteiger partial charge in [-0.25, -0.2) is 0 Å². The van der Waals surface area contributed by atoms with Crippen molar-refractivity contribution in [1.29, 1.82) is 0 Å². The highest BCUT2D eigenvalue weighted by Gasteiger charge is 2.32. The van der Waals surface area contributed by atoms with Crippen molar-refractivity contribution in [2.45, 2.75) is 26.0 Å². The number of benzene rings is 2. The molecular weight excluding hydrogens is 342 g/mol. The van der Waals surface area contributed by atoms with Crippen LogP contribution in [0.1, 0.15) is 18.1 Å². The number of primary amides is 1. The van der Waals surface area contributed by atoms with E-state index in [9.17, 15) is 9.59 Å². The minimum Gasteiger partial charge on any atom is -0.477 e. The fraction of sp³-hybridized carbons (Fsp3) is 0.333. The topological polar surface area (TPSA) is 75.9 Å². The molecule has 2 aromatic carbocycles. The first kappa shape index (κ1) is 18.9. The molecule has 1 heterocycles. The van der Waals surface area contributed by atoms with Gasteiger partial charge in [0.05, 0.1) is 18.8 Å². The first-order valence-electron chi connectivity index (χ1n) is 9.09. The molecule has 0 unspecified atom stereocenters. The van der Waals surface area contributed by atoms with Crippen LogP contribution in [0.15, 0.2) is 48.5 Å². The predicted molar refractivity (Wildman–Crippen MR) is 105 cm³/mol. The molecule has 0 aliphatic carbocycles. The van der Waals surface area contributed by atoms with E-state index in [1.165, 1.54) is 5.56 Å². The number of hydrogen-bond acceptors (Lipinski definition) is 4. The number of aryl methyl sites for hydroxylation is 1. The molecule has 0 aromatic heterocycles. The van der Waals surface area contributed by atoms with Crippen LogP contribution >= 0.6 is 0 Å². The molecule has 1 aliphatic rings. The number of rotatable bonds is 6. The third kappa shape index (κ3) is 4.46. The number of fused-ring (bicyclic) bond motifs is 1. The van der Waals surface area contributed by atoms with E-state index in [1.807, 2.05) is 24.1 Å². The van der Waals surface area contributed by atoms with Crippen LogP contribution in [0.25, 0.3) is 0 Å². The van der Waals surface area contributed by atoms with Gasteiger partial charge in [0.2, 0.25) is 5.91 Å². The van der Waals surface area contributed by atoms with Crippen molar-refractivity contribution in [2.24, 2.45) is 5.73 Å². The lowest BCUT2D eigenvalue weighted by Crippen LogP contribution is -2.51. The zero-order chi connectivity index (χ0) is 19.4. The predicted octanol–water partition coefficient (Wildman–Crippen LogP) is 1.96. The van der Waals surface area contributed by atoms with Crippen molar-refractivity contribution in [1.82, 2.24) is 4.90 Å². The number of likely N-dealkylation sites (N-methyl/N-ethyl adjacent to an activating group) is 1. The molecule has 142 valence electrons. The van der Waals surface area contributed by atoms with Crippen molar-refractivity contribution in [3.05, 3.63) is 59.7 Å². The van der Waals surface area contributed by atoms with Crippen LogP contribution < -0.4 is 15.4 Å². The monoisotopic (exact) mass is 367 g/mol. The van der Waals surface area contributed by atoms with Crippen LogP contribution in [0.4, 0.5) is 5.69 Å². The Hall–Kier alpha value is -2.86. The number of anilines is 1.